The minimum atomic E-state index is -0.249. The molecule has 0 spiro atoms. The quantitative estimate of drug-likeness (QED) is 0.519. The molecule has 26 heavy (non-hydrogen) atoms. The second-order valence-corrected chi connectivity index (χ2v) is 5.98. The summed E-state index contributed by atoms with van der Waals surface area (Å²) < 4.78 is 1.73. The van der Waals surface area contributed by atoms with E-state index in [0.717, 1.165) is 27.8 Å². The molecule has 2 amide bonds. The number of anilines is 1. The van der Waals surface area contributed by atoms with Gasteiger partial charge in [-0.2, -0.15) is 5.10 Å². The predicted molar refractivity (Wildman–Crippen MR) is 99.7 cm³/mol. The average Bonchev–Trinajstić information content (AvgIpc) is 3.29. The standard InChI is InChI=1S/C19H18N6O/c26-19(21-10-17-9-15-5-1-2-7-18(15)23-17)24-16-6-3-4-14(8-16)11-25-13-20-12-22-25/h1-9,12-13,23H,10-11H2,(H2,21,24,26). The Kier molecular flexibility index (Phi) is 4.34. The summed E-state index contributed by atoms with van der Waals surface area (Å²) in [6, 6.07) is 17.5. The van der Waals surface area contributed by atoms with E-state index < -0.39 is 0 Å². The Morgan fingerprint density at radius 1 is 1.12 bits per heavy atom. The second kappa shape index (κ2) is 7.10. The van der Waals surface area contributed by atoms with Crippen LogP contribution in [0.5, 0.6) is 0 Å². The van der Waals surface area contributed by atoms with Crippen LogP contribution in [-0.4, -0.2) is 25.8 Å². The Labute approximate surface area is 150 Å². The van der Waals surface area contributed by atoms with Crippen molar-refractivity contribution in [2.24, 2.45) is 0 Å². The van der Waals surface area contributed by atoms with Gasteiger partial charge >= 0.3 is 6.03 Å². The maximum absolute atomic E-state index is 12.2. The van der Waals surface area contributed by atoms with E-state index in [0.29, 0.717) is 13.1 Å². The van der Waals surface area contributed by atoms with Gasteiger partial charge in [0.25, 0.3) is 0 Å². The van der Waals surface area contributed by atoms with Gasteiger partial charge in [-0.3, -0.25) is 0 Å². The smallest absolute Gasteiger partial charge is 0.319 e. The first-order chi connectivity index (χ1) is 12.8. The number of para-hydroxylation sites is 1. The molecular weight excluding hydrogens is 328 g/mol. The van der Waals surface area contributed by atoms with E-state index in [1.807, 2.05) is 54.6 Å². The zero-order valence-electron chi connectivity index (χ0n) is 14.0. The Morgan fingerprint density at radius 2 is 2.04 bits per heavy atom. The molecule has 0 atom stereocenters. The first-order valence-corrected chi connectivity index (χ1v) is 8.29. The highest BCUT2D eigenvalue weighted by Crippen LogP contribution is 2.15. The molecule has 0 aliphatic heterocycles. The van der Waals surface area contributed by atoms with Crippen LogP contribution in [-0.2, 0) is 13.1 Å². The fourth-order valence-corrected chi connectivity index (χ4v) is 2.83. The number of amides is 2. The molecule has 0 unspecified atom stereocenters. The van der Waals surface area contributed by atoms with Gasteiger partial charge in [0.05, 0.1) is 13.1 Å². The maximum atomic E-state index is 12.2. The summed E-state index contributed by atoms with van der Waals surface area (Å²) in [5, 5.41) is 10.9. The zero-order valence-corrected chi connectivity index (χ0v) is 14.0. The number of hydrogen-bond donors (Lipinski definition) is 3. The molecule has 7 nitrogen and oxygen atoms in total. The third kappa shape index (κ3) is 3.72. The number of urea groups is 1. The Morgan fingerprint density at radius 3 is 2.88 bits per heavy atom. The first kappa shape index (κ1) is 15.9. The largest absolute Gasteiger partial charge is 0.357 e. The summed E-state index contributed by atoms with van der Waals surface area (Å²) in [6.45, 7) is 1.03. The van der Waals surface area contributed by atoms with Gasteiger partial charge in [-0.15, -0.1) is 0 Å². The van der Waals surface area contributed by atoms with E-state index in [-0.39, 0.29) is 6.03 Å². The third-order valence-corrected chi connectivity index (χ3v) is 4.02. The number of rotatable bonds is 5. The monoisotopic (exact) mass is 346 g/mol. The Balaban J connectivity index is 1.35. The number of nitrogens with one attached hydrogen (secondary N) is 3. The van der Waals surface area contributed by atoms with E-state index in [1.165, 1.54) is 6.33 Å². The minimum absolute atomic E-state index is 0.249. The van der Waals surface area contributed by atoms with Crippen molar-refractivity contribution in [2.45, 2.75) is 13.1 Å². The summed E-state index contributed by atoms with van der Waals surface area (Å²) in [7, 11) is 0. The van der Waals surface area contributed by atoms with Crippen LogP contribution in [0.3, 0.4) is 0 Å². The summed E-state index contributed by atoms with van der Waals surface area (Å²) >= 11 is 0. The molecule has 2 heterocycles. The number of benzene rings is 2. The van der Waals surface area contributed by atoms with Crippen molar-refractivity contribution < 1.29 is 4.79 Å². The molecule has 0 bridgehead atoms. The van der Waals surface area contributed by atoms with Gasteiger partial charge in [0.1, 0.15) is 12.7 Å². The number of carbonyl (C=O) groups excluding carboxylic acids is 1. The van der Waals surface area contributed by atoms with Crippen molar-refractivity contribution in [3.8, 4) is 0 Å². The van der Waals surface area contributed by atoms with Crippen molar-refractivity contribution >= 4 is 22.6 Å². The summed E-state index contributed by atoms with van der Waals surface area (Å²) in [5.74, 6) is 0. The molecule has 3 N–H and O–H groups in total. The highest BCUT2D eigenvalue weighted by atomic mass is 16.2. The molecule has 2 aromatic carbocycles. The number of carbonyl (C=O) groups is 1. The number of aromatic nitrogens is 4. The number of H-pyrrole nitrogens is 1. The average molecular weight is 346 g/mol. The normalized spacial score (nSPS) is 10.8. The van der Waals surface area contributed by atoms with Crippen LogP contribution in [0.2, 0.25) is 0 Å². The molecule has 0 aliphatic rings. The Bertz CT molecular complexity index is 988. The van der Waals surface area contributed by atoms with Gasteiger partial charge in [-0.25, -0.2) is 14.5 Å². The van der Waals surface area contributed by atoms with Gasteiger partial charge in [0.15, 0.2) is 0 Å². The van der Waals surface area contributed by atoms with Crippen molar-refractivity contribution in [3.05, 3.63) is 78.5 Å². The maximum Gasteiger partial charge on any atom is 0.319 e. The molecule has 0 saturated heterocycles. The van der Waals surface area contributed by atoms with Crippen LogP contribution >= 0.6 is 0 Å². The molecule has 4 rings (SSSR count). The van der Waals surface area contributed by atoms with Crippen LogP contribution < -0.4 is 10.6 Å². The number of aromatic amines is 1. The fourth-order valence-electron chi connectivity index (χ4n) is 2.83. The summed E-state index contributed by atoms with van der Waals surface area (Å²) in [5.41, 5.74) is 3.78. The van der Waals surface area contributed by atoms with Crippen LogP contribution in [0.1, 0.15) is 11.3 Å². The number of hydrogen-bond acceptors (Lipinski definition) is 3. The predicted octanol–water partition coefficient (Wildman–Crippen LogP) is 3.13. The van der Waals surface area contributed by atoms with Gasteiger partial charge in [0, 0.05) is 16.9 Å². The lowest BCUT2D eigenvalue weighted by Crippen LogP contribution is -2.28. The summed E-state index contributed by atoms with van der Waals surface area (Å²) in [6.07, 6.45) is 3.16. The lowest BCUT2D eigenvalue weighted by atomic mass is 10.2. The number of fused-ring (bicyclic) bond motifs is 1. The lowest BCUT2D eigenvalue weighted by molar-refractivity contribution is 0.251. The van der Waals surface area contributed by atoms with E-state index in [9.17, 15) is 4.79 Å². The molecule has 4 aromatic rings. The Hall–Kier alpha value is -3.61. The van der Waals surface area contributed by atoms with Gasteiger partial charge in [-0.1, -0.05) is 30.3 Å². The number of nitrogens with zero attached hydrogens (tertiary/aromatic N) is 3. The van der Waals surface area contributed by atoms with Crippen LogP contribution in [0, 0.1) is 0 Å². The molecule has 2 aromatic heterocycles. The molecule has 0 saturated carbocycles. The molecule has 0 radical (unpaired) electrons. The molecular formula is C19H18N6O. The third-order valence-electron chi connectivity index (χ3n) is 4.02. The van der Waals surface area contributed by atoms with E-state index >= 15 is 0 Å². The topological polar surface area (TPSA) is 87.6 Å². The van der Waals surface area contributed by atoms with E-state index in [2.05, 4.69) is 25.7 Å². The van der Waals surface area contributed by atoms with E-state index in [4.69, 9.17) is 0 Å². The highest BCUT2D eigenvalue weighted by molar-refractivity contribution is 5.89. The van der Waals surface area contributed by atoms with Crippen LogP contribution in [0.25, 0.3) is 10.9 Å². The molecule has 0 fully saturated rings. The minimum Gasteiger partial charge on any atom is -0.357 e. The van der Waals surface area contributed by atoms with Gasteiger partial charge in [-0.05, 0) is 35.2 Å². The van der Waals surface area contributed by atoms with Crippen LogP contribution in [0.4, 0.5) is 10.5 Å². The van der Waals surface area contributed by atoms with Crippen LogP contribution in [0.15, 0.2) is 67.3 Å². The van der Waals surface area contributed by atoms with Gasteiger partial charge in [0.2, 0.25) is 0 Å². The van der Waals surface area contributed by atoms with Crippen molar-refractivity contribution in [3.63, 3.8) is 0 Å². The molecule has 7 heteroatoms. The molecule has 130 valence electrons. The van der Waals surface area contributed by atoms with Crippen molar-refractivity contribution in [1.82, 2.24) is 25.1 Å². The summed E-state index contributed by atoms with van der Waals surface area (Å²) in [4.78, 5) is 19.4. The van der Waals surface area contributed by atoms with E-state index in [1.54, 1.807) is 11.0 Å². The van der Waals surface area contributed by atoms with Gasteiger partial charge < -0.3 is 15.6 Å². The zero-order chi connectivity index (χ0) is 17.8. The highest BCUT2D eigenvalue weighted by Gasteiger charge is 2.05. The van der Waals surface area contributed by atoms with Crippen molar-refractivity contribution in [1.29, 1.82) is 0 Å². The molecule has 0 aliphatic carbocycles. The fraction of sp³-hybridized carbons (Fsp3) is 0.105. The van der Waals surface area contributed by atoms with Crippen molar-refractivity contribution in [2.75, 3.05) is 5.32 Å². The SMILES string of the molecule is O=C(NCc1cc2ccccc2[nH]1)Nc1cccc(Cn2cncn2)c1. The first-order valence-electron chi connectivity index (χ1n) is 8.29. The second-order valence-electron chi connectivity index (χ2n) is 5.98. The lowest BCUT2D eigenvalue weighted by Gasteiger charge is -2.08.